The normalized spacial score (nSPS) is 17.0. The van der Waals surface area contributed by atoms with E-state index in [-0.39, 0.29) is 16.6 Å². The lowest BCUT2D eigenvalue weighted by Crippen LogP contribution is -2.30. The Hall–Kier alpha value is -2.67. The quantitative estimate of drug-likeness (QED) is 0.779. The van der Waals surface area contributed by atoms with E-state index < -0.39 is 16.1 Å². The SMILES string of the molecule is CCCCC(N=C1NS(=O)(=O)c2ccccc21)C(=O)Nc1cc(C)cc(C)c1. The molecule has 6 nitrogen and oxygen atoms in total. The second-order valence-corrected chi connectivity index (χ2v) is 8.75. The molecule has 0 saturated carbocycles. The molecule has 0 aromatic heterocycles. The second-order valence-electron chi connectivity index (χ2n) is 7.10. The topological polar surface area (TPSA) is 87.6 Å². The summed E-state index contributed by atoms with van der Waals surface area (Å²) in [5, 5.41) is 2.93. The lowest BCUT2D eigenvalue weighted by molar-refractivity contribution is -0.117. The number of rotatable bonds is 6. The van der Waals surface area contributed by atoms with Gasteiger partial charge >= 0.3 is 0 Å². The van der Waals surface area contributed by atoms with Crippen LogP contribution in [0.25, 0.3) is 0 Å². The van der Waals surface area contributed by atoms with E-state index in [1.54, 1.807) is 18.2 Å². The Bertz CT molecular complexity index is 1010. The van der Waals surface area contributed by atoms with Crippen LogP contribution in [-0.4, -0.2) is 26.2 Å². The first kappa shape index (κ1) is 20.1. The first-order valence-electron chi connectivity index (χ1n) is 9.39. The average molecular weight is 400 g/mol. The van der Waals surface area contributed by atoms with Crippen molar-refractivity contribution >= 4 is 27.5 Å². The van der Waals surface area contributed by atoms with Crippen molar-refractivity contribution in [1.29, 1.82) is 0 Å². The number of amidine groups is 1. The molecule has 1 atom stereocenters. The molecule has 0 radical (unpaired) electrons. The maximum atomic E-state index is 12.9. The number of aliphatic imine (C=N–C) groups is 1. The van der Waals surface area contributed by atoms with Gasteiger partial charge in [-0.25, -0.2) is 8.42 Å². The lowest BCUT2D eigenvalue weighted by atomic mass is 10.1. The minimum atomic E-state index is -3.63. The standard InChI is InChI=1S/C21H25N3O3S/c1-4-5-9-18(21(25)22-16-12-14(2)11-15(3)13-16)23-20-17-8-6-7-10-19(17)28(26,27)24-20/h6-8,10-13,18H,4-5,9H2,1-3H3,(H,22,25)(H,23,24). The summed E-state index contributed by atoms with van der Waals surface area (Å²) >= 11 is 0. The molecule has 3 rings (SSSR count). The highest BCUT2D eigenvalue weighted by molar-refractivity contribution is 7.90. The number of unbranched alkanes of at least 4 members (excludes halogenated alkanes) is 1. The van der Waals surface area contributed by atoms with Crippen LogP contribution in [0.4, 0.5) is 5.69 Å². The summed E-state index contributed by atoms with van der Waals surface area (Å²) in [5.41, 5.74) is 3.34. The number of hydrogen-bond acceptors (Lipinski definition) is 4. The van der Waals surface area contributed by atoms with Gasteiger partial charge in [0.05, 0.1) is 4.90 Å². The monoisotopic (exact) mass is 399 g/mol. The third-order valence-electron chi connectivity index (χ3n) is 4.57. The van der Waals surface area contributed by atoms with Crippen LogP contribution in [0.2, 0.25) is 0 Å². The average Bonchev–Trinajstić information content (AvgIpc) is 2.88. The number of hydrogen-bond donors (Lipinski definition) is 2. The molecule has 2 aromatic carbocycles. The molecular weight excluding hydrogens is 374 g/mol. The molecule has 148 valence electrons. The van der Waals surface area contributed by atoms with E-state index in [1.807, 2.05) is 39.0 Å². The van der Waals surface area contributed by atoms with E-state index in [1.165, 1.54) is 6.07 Å². The molecule has 1 heterocycles. The van der Waals surface area contributed by atoms with Gasteiger partial charge in [0.15, 0.2) is 0 Å². The highest BCUT2D eigenvalue weighted by Gasteiger charge is 2.31. The van der Waals surface area contributed by atoms with Gasteiger partial charge in [-0.3, -0.25) is 14.5 Å². The fourth-order valence-corrected chi connectivity index (χ4v) is 4.55. The molecule has 0 spiro atoms. The molecule has 1 unspecified atom stereocenters. The van der Waals surface area contributed by atoms with Crippen LogP contribution in [-0.2, 0) is 14.8 Å². The van der Waals surface area contributed by atoms with Crippen LogP contribution in [0.15, 0.2) is 52.4 Å². The van der Waals surface area contributed by atoms with E-state index in [0.717, 1.165) is 29.7 Å². The van der Waals surface area contributed by atoms with Crippen molar-refractivity contribution in [1.82, 2.24) is 4.72 Å². The third-order valence-corrected chi connectivity index (χ3v) is 5.97. The zero-order chi connectivity index (χ0) is 20.3. The van der Waals surface area contributed by atoms with Crippen molar-refractivity contribution in [3.05, 3.63) is 59.2 Å². The van der Waals surface area contributed by atoms with E-state index in [9.17, 15) is 13.2 Å². The molecule has 0 fully saturated rings. The molecule has 1 aliphatic heterocycles. The Morgan fingerprint density at radius 1 is 1.14 bits per heavy atom. The number of amides is 1. The zero-order valence-electron chi connectivity index (χ0n) is 16.3. The largest absolute Gasteiger partial charge is 0.324 e. The van der Waals surface area contributed by atoms with Crippen molar-refractivity contribution in [2.75, 3.05) is 5.32 Å². The molecule has 0 saturated heterocycles. The molecular formula is C21H25N3O3S. The highest BCUT2D eigenvalue weighted by Crippen LogP contribution is 2.23. The Labute approximate surface area is 166 Å². The van der Waals surface area contributed by atoms with Crippen molar-refractivity contribution in [3.8, 4) is 0 Å². The lowest BCUT2D eigenvalue weighted by Gasteiger charge is -2.15. The van der Waals surface area contributed by atoms with Crippen molar-refractivity contribution in [2.45, 2.75) is 51.0 Å². The van der Waals surface area contributed by atoms with Gasteiger partial charge in [-0.15, -0.1) is 0 Å². The molecule has 2 aromatic rings. The zero-order valence-corrected chi connectivity index (χ0v) is 17.1. The van der Waals surface area contributed by atoms with Crippen LogP contribution < -0.4 is 10.0 Å². The van der Waals surface area contributed by atoms with Crippen LogP contribution in [0.1, 0.15) is 42.9 Å². The van der Waals surface area contributed by atoms with Crippen molar-refractivity contribution in [2.24, 2.45) is 4.99 Å². The first-order chi connectivity index (χ1) is 13.3. The Balaban J connectivity index is 1.90. The summed E-state index contributed by atoms with van der Waals surface area (Å²) < 4.78 is 27.1. The summed E-state index contributed by atoms with van der Waals surface area (Å²) in [4.78, 5) is 17.6. The summed E-state index contributed by atoms with van der Waals surface area (Å²) in [5.74, 6) is -0.0122. The van der Waals surface area contributed by atoms with Crippen LogP contribution in [0, 0.1) is 13.8 Å². The summed E-state index contributed by atoms with van der Waals surface area (Å²) in [6, 6.07) is 11.8. The van der Waals surface area contributed by atoms with E-state index in [0.29, 0.717) is 12.0 Å². The Morgan fingerprint density at radius 2 is 1.82 bits per heavy atom. The molecule has 0 bridgehead atoms. The molecule has 2 N–H and O–H groups in total. The smallest absolute Gasteiger partial charge is 0.263 e. The fourth-order valence-electron chi connectivity index (χ4n) is 3.31. The van der Waals surface area contributed by atoms with Crippen molar-refractivity contribution in [3.63, 3.8) is 0 Å². The molecule has 1 amide bonds. The summed E-state index contributed by atoms with van der Waals surface area (Å²) in [7, 11) is -3.63. The van der Waals surface area contributed by atoms with Crippen LogP contribution in [0.3, 0.4) is 0 Å². The molecule has 0 aliphatic carbocycles. The van der Waals surface area contributed by atoms with E-state index in [2.05, 4.69) is 15.0 Å². The Kier molecular flexibility index (Phi) is 5.84. The number of aryl methyl sites for hydroxylation is 2. The molecule has 1 aliphatic rings. The van der Waals surface area contributed by atoms with Gasteiger partial charge in [-0.05, 0) is 55.7 Å². The number of nitrogens with zero attached hydrogens (tertiary/aromatic N) is 1. The number of sulfonamides is 1. The highest BCUT2D eigenvalue weighted by atomic mass is 32.2. The van der Waals surface area contributed by atoms with Crippen LogP contribution >= 0.6 is 0 Å². The van der Waals surface area contributed by atoms with Gasteiger partial charge < -0.3 is 5.32 Å². The maximum Gasteiger partial charge on any atom is 0.263 e. The van der Waals surface area contributed by atoms with Gasteiger partial charge in [-0.1, -0.05) is 38.0 Å². The van der Waals surface area contributed by atoms with Gasteiger partial charge in [0.1, 0.15) is 11.9 Å². The number of carbonyl (C=O) groups is 1. The minimum absolute atomic E-state index is 0.192. The molecule has 28 heavy (non-hydrogen) atoms. The predicted molar refractivity (Wildman–Crippen MR) is 111 cm³/mol. The fraction of sp³-hybridized carbons (Fsp3) is 0.333. The predicted octanol–water partition coefficient (Wildman–Crippen LogP) is 3.54. The number of nitrogens with one attached hydrogen (secondary N) is 2. The molecule has 7 heteroatoms. The van der Waals surface area contributed by atoms with Gasteiger partial charge in [0.25, 0.3) is 10.0 Å². The van der Waals surface area contributed by atoms with Crippen molar-refractivity contribution < 1.29 is 13.2 Å². The second kappa shape index (κ2) is 8.14. The number of carbonyl (C=O) groups excluding carboxylic acids is 1. The number of anilines is 1. The maximum absolute atomic E-state index is 12.9. The minimum Gasteiger partial charge on any atom is -0.324 e. The van der Waals surface area contributed by atoms with Gasteiger partial charge in [-0.2, -0.15) is 0 Å². The first-order valence-corrected chi connectivity index (χ1v) is 10.9. The van der Waals surface area contributed by atoms with Gasteiger partial charge in [0, 0.05) is 11.3 Å². The third kappa shape index (κ3) is 4.42. The number of benzene rings is 2. The van der Waals surface area contributed by atoms with Gasteiger partial charge in [0.2, 0.25) is 5.91 Å². The Morgan fingerprint density at radius 3 is 2.50 bits per heavy atom. The van der Waals surface area contributed by atoms with Crippen LogP contribution in [0.5, 0.6) is 0 Å². The summed E-state index contributed by atoms with van der Waals surface area (Å²) in [6.07, 6.45) is 2.27. The van der Waals surface area contributed by atoms with E-state index >= 15 is 0 Å². The summed E-state index contributed by atoms with van der Waals surface area (Å²) in [6.45, 7) is 5.99. The number of fused-ring (bicyclic) bond motifs is 1. The van der Waals surface area contributed by atoms with E-state index in [4.69, 9.17) is 0 Å².